The minimum Gasteiger partial charge on any atom is -0.490 e. The van der Waals surface area contributed by atoms with Crippen LogP contribution >= 0.6 is 0 Å². The molecule has 1 heterocycles. The Morgan fingerprint density at radius 2 is 1.68 bits per heavy atom. The zero-order valence-corrected chi connectivity index (χ0v) is 20.3. The third kappa shape index (κ3) is 5.84. The maximum absolute atomic E-state index is 13.1. The summed E-state index contributed by atoms with van der Waals surface area (Å²) in [4.78, 5) is 51.2. The molecule has 4 rings (SSSR count). The number of anilines is 2. The number of nitrogens with one attached hydrogen (secondary N) is 2. The number of benzene rings is 3. The standard InChI is InChI=1S/C28H25N3O6/c1-3-36-24-16-19(13-14-23(24)37-17-25(32)29-22-12-8-7-9-18(22)2)15-21-26(33)30-28(35)31(27(21)34)20-10-5-4-6-11-20/h4-16H,3,17H2,1-2H3,(H,29,32)(H,30,33,35)/b21-15-. The van der Waals surface area contributed by atoms with Crippen LogP contribution in [0.2, 0.25) is 0 Å². The van der Waals surface area contributed by atoms with Gasteiger partial charge in [0.1, 0.15) is 5.57 Å². The molecular weight excluding hydrogens is 474 g/mol. The van der Waals surface area contributed by atoms with Crippen molar-refractivity contribution in [2.75, 3.05) is 23.4 Å². The molecule has 0 aliphatic carbocycles. The lowest BCUT2D eigenvalue weighted by Crippen LogP contribution is -2.54. The van der Waals surface area contributed by atoms with Crippen LogP contribution in [-0.4, -0.2) is 37.0 Å². The van der Waals surface area contributed by atoms with Crippen LogP contribution in [0.3, 0.4) is 0 Å². The van der Waals surface area contributed by atoms with Gasteiger partial charge in [-0.05, 0) is 61.4 Å². The van der Waals surface area contributed by atoms with Crippen molar-refractivity contribution in [3.8, 4) is 11.5 Å². The summed E-state index contributed by atoms with van der Waals surface area (Å²) in [5, 5.41) is 4.99. The normalized spacial score (nSPS) is 14.4. The van der Waals surface area contributed by atoms with Crippen molar-refractivity contribution in [1.29, 1.82) is 0 Å². The average molecular weight is 500 g/mol. The van der Waals surface area contributed by atoms with Crippen molar-refractivity contribution in [1.82, 2.24) is 5.32 Å². The van der Waals surface area contributed by atoms with Gasteiger partial charge in [0.2, 0.25) is 0 Å². The van der Waals surface area contributed by atoms with Crippen molar-refractivity contribution in [3.05, 3.63) is 89.5 Å². The summed E-state index contributed by atoms with van der Waals surface area (Å²) < 4.78 is 11.3. The first-order valence-electron chi connectivity index (χ1n) is 11.6. The SMILES string of the molecule is CCOc1cc(/C=C2/C(=O)NC(=O)N(c3ccccc3)C2=O)ccc1OCC(=O)Nc1ccccc1C. The molecule has 2 N–H and O–H groups in total. The van der Waals surface area contributed by atoms with Crippen LogP contribution < -0.4 is 25.0 Å². The molecule has 9 nitrogen and oxygen atoms in total. The summed E-state index contributed by atoms with van der Waals surface area (Å²) in [6.07, 6.45) is 1.37. The number of barbiturate groups is 1. The molecular formula is C28H25N3O6. The molecule has 9 heteroatoms. The Balaban J connectivity index is 1.53. The van der Waals surface area contributed by atoms with Gasteiger partial charge in [-0.15, -0.1) is 0 Å². The Bertz CT molecular complexity index is 1380. The number of carbonyl (C=O) groups is 4. The highest BCUT2D eigenvalue weighted by Gasteiger charge is 2.36. The Morgan fingerprint density at radius 3 is 2.41 bits per heavy atom. The highest BCUT2D eigenvalue weighted by Crippen LogP contribution is 2.30. The highest BCUT2D eigenvalue weighted by atomic mass is 16.5. The molecule has 1 aliphatic heterocycles. The molecule has 0 unspecified atom stereocenters. The first kappa shape index (κ1) is 25.2. The summed E-state index contributed by atoms with van der Waals surface area (Å²) in [5.41, 5.74) is 2.22. The number of rotatable bonds is 8. The number of hydrogen-bond acceptors (Lipinski definition) is 6. The van der Waals surface area contributed by atoms with Crippen LogP contribution in [0.5, 0.6) is 11.5 Å². The minimum atomic E-state index is -0.818. The van der Waals surface area contributed by atoms with Gasteiger partial charge in [0.15, 0.2) is 18.1 Å². The first-order valence-corrected chi connectivity index (χ1v) is 11.6. The van der Waals surface area contributed by atoms with E-state index in [1.165, 1.54) is 6.08 Å². The van der Waals surface area contributed by atoms with E-state index in [2.05, 4.69) is 10.6 Å². The van der Waals surface area contributed by atoms with Crippen LogP contribution in [0.15, 0.2) is 78.4 Å². The Hall–Kier alpha value is -4.92. The summed E-state index contributed by atoms with van der Waals surface area (Å²) in [5.74, 6) is -1.22. The molecule has 1 saturated heterocycles. The topological polar surface area (TPSA) is 114 Å². The lowest BCUT2D eigenvalue weighted by atomic mass is 10.1. The smallest absolute Gasteiger partial charge is 0.335 e. The molecule has 0 atom stereocenters. The van der Waals surface area contributed by atoms with E-state index in [0.717, 1.165) is 10.5 Å². The van der Waals surface area contributed by atoms with Gasteiger partial charge in [-0.2, -0.15) is 0 Å². The number of urea groups is 1. The quantitative estimate of drug-likeness (QED) is 0.357. The van der Waals surface area contributed by atoms with Crippen molar-refractivity contribution in [2.24, 2.45) is 0 Å². The van der Waals surface area contributed by atoms with Crippen LogP contribution in [0.1, 0.15) is 18.1 Å². The number of nitrogens with zero attached hydrogens (tertiary/aromatic N) is 1. The van der Waals surface area contributed by atoms with Gasteiger partial charge < -0.3 is 14.8 Å². The van der Waals surface area contributed by atoms with Gasteiger partial charge in [0.25, 0.3) is 17.7 Å². The molecule has 5 amide bonds. The fourth-order valence-electron chi connectivity index (χ4n) is 3.68. The molecule has 0 aromatic heterocycles. The first-order chi connectivity index (χ1) is 17.9. The van der Waals surface area contributed by atoms with Gasteiger partial charge in [0.05, 0.1) is 12.3 Å². The molecule has 0 bridgehead atoms. The average Bonchev–Trinajstić information content (AvgIpc) is 2.88. The largest absolute Gasteiger partial charge is 0.490 e. The van der Waals surface area contributed by atoms with Crippen molar-refractivity contribution in [2.45, 2.75) is 13.8 Å². The number of hydrogen-bond donors (Lipinski definition) is 2. The Morgan fingerprint density at radius 1 is 0.946 bits per heavy atom. The third-order valence-electron chi connectivity index (χ3n) is 5.47. The van der Waals surface area contributed by atoms with Gasteiger partial charge in [-0.25, -0.2) is 9.69 Å². The van der Waals surface area contributed by atoms with E-state index in [4.69, 9.17) is 9.47 Å². The minimum absolute atomic E-state index is 0.211. The fraction of sp³-hybridized carbons (Fsp3) is 0.143. The summed E-state index contributed by atoms with van der Waals surface area (Å²) in [7, 11) is 0. The molecule has 0 saturated carbocycles. The van der Waals surface area contributed by atoms with E-state index in [1.807, 2.05) is 25.1 Å². The fourth-order valence-corrected chi connectivity index (χ4v) is 3.68. The second-order valence-corrected chi connectivity index (χ2v) is 8.08. The number of imide groups is 2. The molecule has 3 aromatic rings. The van der Waals surface area contributed by atoms with E-state index in [0.29, 0.717) is 35.0 Å². The maximum Gasteiger partial charge on any atom is 0.335 e. The summed E-state index contributed by atoms with van der Waals surface area (Å²) in [6, 6.07) is 19.7. The van der Waals surface area contributed by atoms with Crippen LogP contribution in [-0.2, 0) is 14.4 Å². The van der Waals surface area contributed by atoms with Crippen molar-refractivity contribution >= 4 is 41.2 Å². The number of carbonyl (C=O) groups excluding carboxylic acids is 4. The van der Waals surface area contributed by atoms with Gasteiger partial charge in [-0.1, -0.05) is 42.5 Å². The van der Waals surface area contributed by atoms with Gasteiger partial charge in [-0.3, -0.25) is 19.7 Å². The predicted octanol–water partition coefficient (Wildman–Crippen LogP) is 4.08. The molecule has 188 valence electrons. The molecule has 0 spiro atoms. The van der Waals surface area contributed by atoms with E-state index in [-0.39, 0.29) is 18.1 Å². The molecule has 1 aliphatic rings. The number of ether oxygens (including phenoxy) is 2. The van der Waals surface area contributed by atoms with Gasteiger partial charge >= 0.3 is 6.03 Å². The molecule has 1 fully saturated rings. The maximum atomic E-state index is 13.1. The van der Waals surface area contributed by atoms with Crippen molar-refractivity contribution < 1.29 is 28.7 Å². The van der Waals surface area contributed by atoms with Crippen LogP contribution in [0.4, 0.5) is 16.2 Å². The van der Waals surface area contributed by atoms with E-state index >= 15 is 0 Å². The zero-order chi connectivity index (χ0) is 26.4. The number of amides is 5. The van der Waals surface area contributed by atoms with E-state index in [1.54, 1.807) is 61.5 Å². The zero-order valence-electron chi connectivity index (χ0n) is 20.3. The lowest BCUT2D eigenvalue weighted by molar-refractivity contribution is -0.122. The number of para-hydroxylation sites is 2. The third-order valence-corrected chi connectivity index (χ3v) is 5.47. The van der Waals surface area contributed by atoms with Crippen molar-refractivity contribution in [3.63, 3.8) is 0 Å². The Kier molecular flexibility index (Phi) is 7.63. The lowest BCUT2D eigenvalue weighted by Gasteiger charge is -2.26. The predicted molar refractivity (Wildman–Crippen MR) is 138 cm³/mol. The van der Waals surface area contributed by atoms with E-state index in [9.17, 15) is 19.2 Å². The second kappa shape index (κ2) is 11.2. The van der Waals surface area contributed by atoms with Gasteiger partial charge in [0, 0.05) is 5.69 Å². The second-order valence-electron chi connectivity index (χ2n) is 8.08. The molecule has 37 heavy (non-hydrogen) atoms. The monoisotopic (exact) mass is 499 g/mol. The van der Waals surface area contributed by atoms with Crippen LogP contribution in [0, 0.1) is 6.92 Å². The summed E-state index contributed by atoms with van der Waals surface area (Å²) in [6.45, 7) is 3.76. The van der Waals surface area contributed by atoms with E-state index < -0.39 is 17.8 Å². The Labute approximate surface area is 213 Å². The highest BCUT2D eigenvalue weighted by molar-refractivity contribution is 6.39. The van der Waals surface area contributed by atoms with Crippen LogP contribution in [0.25, 0.3) is 6.08 Å². The summed E-state index contributed by atoms with van der Waals surface area (Å²) >= 11 is 0. The number of aryl methyl sites for hydroxylation is 1. The molecule has 0 radical (unpaired) electrons. The molecule has 3 aromatic carbocycles.